The van der Waals surface area contributed by atoms with Gasteiger partial charge >= 0.3 is 0 Å². The monoisotopic (exact) mass is 466 g/mol. The van der Waals surface area contributed by atoms with E-state index in [4.69, 9.17) is 17.0 Å². The smallest absolute Gasteiger partial charge is 0.267 e. The number of thioether (sulfide) groups is 1. The molecule has 0 atom stereocenters. The van der Waals surface area contributed by atoms with Crippen molar-refractivity contribution in [3.63, 3.8) is 0 Å². The van der Waals surface area contributed by atoms with E-state index in [2.05, 4.69) is 10.3 Å². The van der Waals surface area contributed by atoms with E-state index in [0.717, 1.165) is 5.56 Å². The van der Waals surface area contributed by atoms with Crippen LogP contribution in [0.15, 0.2) is 64.4 Å². The maximum atomic E-state index is 13.2. The van der Waals surface area contributed by atoms with Gasteiger partial charge in [0.15, 0.2) is 0 Å². The van der Waals surface area contributed by atoms with Crippen molar-refractivity contribution in [3.05, 3.63) is 81.1 Å². The number of anilines is 1. The van der Waals surface area contributed by atoms with E-state index in [0.29, 0.717) is 52.4 Å². The number of nitrogens with zero attached hydrogens (tertiary/aromatic N) is 3. The van der Waals surface area contributed by atoms with Crippen LogP contribution in [0.3, 0.4) is 0 Å². The summed E-state index contributed by atoms with van der Waals surface area (Å²) in [4.78, 5) is 32.8. The number of nitrogens with one attached hydrogen (secondary N) is 1. The van der Waals surface area contributed by atoms with E-state index in [-0.39, 0.29) is 11.5 Å². The molecule has 4 rings (SSSR count). The van der Waals surface area contributed by atoms with Crippen LogP contribution in [-0.2, 0) is 16.0 Å². The predicted molar refractivity (Wildman–Crippen MR) is 132 cm³/mol. The molecule has 2 aromatic heterocycles. The van der Waals surface area contributed by atoms with E-state index in [9.17, 15) is 9.59 Å². The second kappa shape index (κ2) is 10.1. The molecule has 1 aliphatic heterocycles. The van der Waals surface area contributed by atoms with E-state index in [1.807, 2.05) is 36.4 Å². The predicted octanol–water partition coefficient (Wildman–Crippen LogP) is 3.20. The molecule has 9 heteroatoms. The number of amides is 1. The molecule has 1 aliphatic rings. The minimum atomic E-state index is -0.259. The third kappa shape index (κ3) is 4.74. The minimum Gasteiger partial charge on any atom is -0.383 e. The van der Waals surface area contributed by atoms with Gasteiger partial charge in [-0.25, -0.2) is 4.98 Å². The first-order valence-electron chi connectivity index (χ1n) is 10.1. The van der Waals surface area contributed by atoms with Crippen LogP contribution in [0.4, 0.5) is 5.82 Å². The molecule has 7 nitrogen and oxygen atoms in total. The van der Waals surface area contributed by atoms with Crippen molar-refractivity contribution in [1.82, 2.24) is 14.3 Å². The van der Waals surface area contributed by atoms with Gasteiger partial charge in [0, 0.05) is 26.4 Å². The molecule has 1 amide bonds. The quantitative estimate of drug-likeness (QED) is 0.310. The molecule has 164 valence electrons. The van der Waals surface area contributed by atoms with E-state index in [1.54, 1.807) is 36.4 Å². The Hall–Kier alpha value is -3.01. The molecule has 3 heterocycles. The van der Waals surface area contributed by atoms with Crippen molar-refractivity contribution in [2.45, 2.75) is 6.42 Å². The molecule has 0 saturated carbocycles. The fourth-order valence-corrected chi connectivity index (χ4v) is 4.64. The summed E-state index contributed by atoms with van der Waals surface area (Å²) in [6.45, 7) is 1.42. The van der Waals surface area contributed by atoms with Crippen molar-refractivity contribution >= 4 is 51.7 Å². The Morgan fingerprint density at radius 2 is 1.94 bits per heavy atom. The third-order valence-electron chi connectivity index (χ3n) is 4.98. The lowest BCUT2D eigenvalue weighted by molar-refractivity contribution is -0.122. The van der Waals surface area contributed by atoms with Crippen molar-refractivity contribution in [2.24, 2.45) is 0 Å². The van der Waals surface area contributed by atoms with Gasteiger partial charge in [-0.3, -0.25) is 18.9 Å². The molecular weight excluding hydrogens is 444 g/mol. The summed E-state index contributed by atoms with van der Waals surface area (Å²) in [6, 6.07) is 15.3. The Bertz CT molecular complexity index is 1240. The lowest BCUT2D eigenvalue weighted by Crippen LogP contribution is -2.30. The van der Waals surface area contributed by atoms with Crippen LogP contribution >= 0.6 is 24.0 Å². The Labute approximate surface area is 195 Å². The highest BCUT2D eigenvalue weighted by atomic mass is 32.2. The topological polar surface area (TPSA) is 75.9 Å². The molecule has 3 aromatic rings. The Morgan fingerprint density at radius 3 is 2.72 bits per heavy atom. The lowest BCUT2D eigenvalue weighted by Gasteiger charge is -2.14. The van der Waals surface area contributed by atoms with Gasteiger partial charge in [0.2, 0.25) is 0 Å². The van der Waals surface area contributed by atoms with Crippen LogP contribution in [0, 0.1) is 0 Å². The average Bonchev–Trinajstić information content (AvgIpc) is 3.08. The standard InChI is InChI=1S/C23H22N4O3S2/c1-30-14-11-24-20-17(21(28)26-12-6-5-9-19(26)25-20)15-18-22(29)27(23(31)32-18)13-10-16-7-3-2-4-8-16/h2-9,12,15,24H,10-11,13-14H2,1H3/b18-15-. The second-order valence-electron chi connectivity index (χ2n) is 7.10. The van der Waals surface area contributed by atoms with Crippen molar-refractivity contribution in [2.75, 3.05) is 32.1 Å². The molecule has 1 saturated heterocycles. The first-order chi connectivity index (χ1) is 15.6. The molecule has 0 aliphatic carbocycles. The molecule has 1 aromatic carbocycles. The van der Waals surface area contributed by atoms with Crippen LogP contribution in [0.1, 0.15) is 11.1 Å². The summed E-state index contributed by atoms with van der Waals surface area (Å²) >= 11 is 6.65. The normalized spacial score (nSPS) is 15.2. The summed E-state index contributed by atoms with van der Waals surface area (Å²) in [5.74, 6) is 0.212. The number of hydrogen-bond donors (Lipinski definition) is 1. The Morgan fingerprint density at radius 1 is 1.16 bits per heavy atom. The Balaban J connectivity index is 1.64. The second-order valence-corrected chi connectivity index (χ2v) is 8.77. The lowest BCUT2D eigenvalue weighted by atomic mass is 10.1. The molecule has 32 heavy (non-hydrogen) atoms. The molecular formula is C23H22N4O3S2. The first kappa shape index (κ1) is 22.2. The third-order valence-corrected chi connectivity index (χ3v) is 6.36. The number of aromatic nitrogens is 2. The number of hydrogen-bond acceptors (Lipinski definition) is 7. The van der Waals surface area contributed by atoms with Crippen LogP contribution in [-0.4, -0.2) is 51.3 Å². The maximum Gasteiger partial charge on any atom is 0.267 e. The van der Waals surface area contributed by atoms with E-state index >= 15 is 0 Å². The van der Waals surface area contributed by atoms with Gasteiger partial charge in [0.05, 0.1) is 17.1 Å². The summed E-state index contributed by atoms with van der Waals surface area (Å²) in [6.07, 6.45) is 3.95. The van der Waals surface area contributed by atoms with Crippen molar-refractivity contribution in [1.29, 1.82) is 0 Å². The van der Waals surface area contributed by atoms with Crippen LogP contribution in [0.2, 0.25) is 0 Å². The van der Waals surface area contributed by atoms with Gasteiger partial charge in [-0.1, -0.05) is 60.4 Å². The zero-order valence-electron chi connectivity index (χ0n) is 17.5. The van der Waals surface area contributed by atoms with Gasteiger partial charge in [-0.2, -0.15) is 0 Å². The van der Waals surface area contributed by atoms with Crippen LogP contribution < -0.4 is 10.9 Å². The number of methoxy groups -OCH3 is 1. The SMILES string of the molecule is COCCNc1nc2ccccn2c(=O)c1/C=C1\SC(=S)N(CCc2ccccc2)C1=O. The Kier molecular flexibility index (Phi) is 6.99. The highest BCUT2D eigenvalue weighted by Crippen LogP contribution is 2.33. The highest BCUT2D eigenvalue weighted by Gasteiger charge is 2.32. The van der Waals surface area contributed by atoms with Gasteiger partial charge in [0.25, 0.3) is 11.5 Å². The van der Waals surface area contributed by atoms with Gasteiger partial charge in [0.1, 0.15) is 15.8 Å². The first-order valence-corrected chi connectivity index (χ1v) is 11.3. The number of pyridine rings is 1. The number of ether oxygens (including phenoxy) is 1. The van der Waals surface area contributed by atoms with Crippen LogP contribution in [0.5, 0.6) is 0 Å². The summed E-state index contributed by atoms with van der Waals surface area (Å²) in [7, 11) is 1.60. The van der Waals surface area contributed by atoms with Gasteiger partial charge in [-0.15, -0.1) is 0 Å². The zero-order chi connectivity index (χ0) is 22.5. The number of benzene rings is 1. The molecule has 0 unspecified atom stereocenters. The van der Waals surface area contributed by atoms with Crippen LogP contribution in [0.25, 0.3) is 11.7 Å². The largest absolute Gasteiger partial charge is 0.383 e. The van der Waals surface area contributed by atoms with E-state index < -0.39 is 0 Å². The number of fused-ring (bicyclic) bond motifs is 1. The number of carbonyl (C=O) groups is 1. The summed E-state index contributed by atoms with van der Waals surface area (Å²) in [5, 5.41) is 3.14. The zero-order valence-corrected chi connectivity index (χ0v) is 19.1. The summed E-state index contributed by atoms with van der Waals surface area (Å²) in [5.41, 5.74) is 1.70. The van der Waals surface area contributed by atoms with Crippen molar-refractivity contribution in [3.8, 4) is 0 Å². The molecule has 0 radical (unpaired) electrons. The molecule has 1 N–H and O–H groups in total. The average molecular weight is 467 g/mol. The summed E-state index contributed by atoms with van der Waals surface area (Å²) < 4.78 is 7.04. The fraction of sp³-hybridized carbons (Fsp3) is 0.217. The molecule has 0 spiro atoms. The molecule has 0 bridgehead atoms. The maximum absolute atomic E-state index is 13.2. The van der Waals surface area contributed by atoms with E-state index in [1.165, 1.54) is 16.2 Å². The number of rotatable bonds is 8. The minimum absolute atomic E-state index is 0.198. The molecule has 1 fully saturated rings. The number of carbonyl (C=O) groups excluding carboxylic acids is 1. The van der Waals surface area contributed by atoms with Gasteiger partial charge in [-0.05, 0) is 30.2 Å². The van der Waals surface area contributed by atoms with Crippen molar-refractivity contribution < 1.29 is 9.53 Å². The number of thiocarbonyl (C=S) groups is 1. The van der Waals surface area contributed by atoms with Gasteiger partial charge < -0.3 is 10.1 Å². The highest BCUT2D eigenvalue weighted by molar-refractivity contribution is 8.26. The fourth-order valence-electron chi connectivity index (χ4n) is 3.35.